The molecule has 1 aromatic carbocycles. The van der Waals surface area contributed by atoms with Gasteiger partial charge in [-0.1, -0.05) is 28.1 Å². The average Bonchev–Trinajstić information content (AvgIpc) is 2.61. The highest BCUT2D eigenvalue weighted by Gasteiger charge is 1.97. The summed E-state index contributed by atoms with van der Waals surface area (Å²) in [6.07, 6.45) is 1.78. The van der Waals surface area contributed by atoms with Crippen molar-refractivity contribution >= 4 is 21.7 Å². The molecule has 0 unspecified atom stereocenters. The number of rotatable bonds is 3. The molecule has 0 radical (unpaired) electrons. The van der Waals surface area contributed by atoms with Crippen molar-refractivity contribution in [2.24, 2.45) is 7.05 Å². The maximum Gasteiger partial charge on any atom is 0.124 e. The molecule has 15 heavy (non-hydrogen) atoms. The largest absolute Gasteiger partial charge is 0.366 e. The molecule has 0 bridgehead atoms. The summed E-state index contributed by atoms with van der Waals surface area (Å²) >= 11 is 3.45. The summed E-state index contributed by atoms with van der Waals surface area (Å²) < 4.78 is 2.92. The Morgan fingerprint density at radius 1 is 1.40 bits per heavy atom. The third kappa shape index (κ3) is 2.59. The number of halogens is 1. The van der Waals surface area contributed by atoms with Crippen LogP contribution in [0.5, 0.6) is 0 Å². The second-order valence-electron chi connectivity index (χ2n) is 3.32. The third-order valence-corrected chi connectivity index (χ3v) is 2.68. The van der Waals surface area contributed by atoms with Crippen LogP contribution in [-0.4, -0.2) is 9.78 Å². The molecule has 0 aliphatic rings. The fourth-order valence-electron chi connectivity index (χ4n) is 1.39. The lowest BCUT2D eigenvalue weighted by molar-refractivity contribution is 0.769. The van der Waals surface area contributed by atoms with Crippen LogP contribution in [0.2, 0.25) is 0 Å². The Morgan fingerprint density at radius 3 is 2.93 bits per heavy atom. The Labute approximate surface area is 97.2 Å². The van der Waals surface area contributed by atoms with Crippen molar-refractivity contribution in [1.82, 2.24) is 9.78 Å². The van der Waals surface area contributed by atoms with Crippen LogP contribution in [0.4, 0.5) is 5.82 Å². The van der Waals surface area contributed by atoms with E-state index in [2.05, 4.69) is 38.5 Å². The van der Waals surface area contributed by atoms with Crippen LogP contribution in [-0.2, 0) is 13.6 Å². The summed E-state index contributed by atoms with van der Waals surface area (Å²) in [6, 6.07) is 10.2. The highest BCUT2D eigenvalue weighted by molar-refractivity contribution is 9.10. The van der Waals surface area contributed by atoms with Gasteiger partial charge in [0.1, 0.15) is 5.82 Å². The molecule has 0 atom stereocenters. The van der Waals surface area contributed by atoms with Crippen LogP contribution in [0, 0.1) is 0 Å². The molecular formula is C11H12BrN3. The van der Waals surface area contributed by atoms with Gasteiger partial charge in [-0.05, 0) is 17.7 Å². The van der Waals surface area contributed by atoms with Crippen molar-refractivity contribution in [3.63, 3.8) is 0 Å². The van der Waals surface area contributed by atoms with Crippen molar-refractivity contribution in [3.05, 3.63) is 46.6 Å². The van der Waals surface area contributed by atoms with Crippen LogP contribution in [0.3, 0.4) is 0 Å². The minimum absolute atomic E-state index is 0.805. The van der Waals surface area contributed by atoms with Gasteiger partial charge in [0.25, 0.3) is 0 Å². The first kappa shape index (κ1) is 10.2. The third-order valence-electron chi connectivity index (χ3n) is 2.18. The molecule has 1 heterocycles. The van der Waals surface area contributed by atoms with Crippen molar-refractivity contribution in [2.45, 2.75) is 6.54 Å². The van der Waals surface area contributed by atoms with Gasteiger partial charge in [-0.2, -0.15) is 5.10 Å². The molecule has 1 N–H and O–H groups in total. The summed E-state index contributed by atoms with van der Waals surface area (Å²) in [7, 11) is 1.92. The molecule has 1 aromatic heterocycles. The van der Waals surface area contributed by atoms with E-state index >= 15 is 0 Å². The zero-order valence-corrected chi connectivity index (χ0v) is 10.0. The highest BCUT2D eigenvalue weighted by atomic mass is 79.9. The summed E-state index contributed by atoms with van der Waals surface area (Å²) in [5.41, 5.74) is 1.24. The number of aromatic nitrogens is 2. The fraction of sp³-hybridized carbons (Fsp3) is 0.182. The lowest BCUT2D eigenvalue weighted by Gasteiger charge is -2.06. The average molecular weight is 266 g/mol. The topological polar surface area (TPSA) is 29.9 Å². The van der Waals surface area contributed by atoms with Gasteiger partial charge >= 0.3 is 0 Å². The second kappa shape index (κ2) is 4.49. The van der Waals surface area contributed by atoms with Crippen molar-refractivity contribution < 1.29 is 0 Å². The van der Waals surface area contributed by atoms with Crippen LogP contribution >= 0.6 is 15.9 Å². The van der Waals surface area contributed by atoms with Gasteiger partial charge in [-0.25, -0.2) is 0 Å². The first-order chi connectivity index (χ1) is 7.25. The second-order valence-corrected chi connectivity index (χ2v) is 4.24. The summed E-state index contributed by atoms with van der Waals surface area (Å²) in [6.45, 7) is 0.805. The van der Waals surface area contributed by atoms with Gasteiger partial charge in [-0.3, -0.25) is 4.68 Å². The number of nitrogens with zero attached hydrogens (tertiary/aromatic N) is 2. The van der Waals surface area contributed by atoms with Crippen LogP contribution in [0.1, 0.15) is 5.56 Å². The Hall–Kier alpha value is -1.29. The summed E-state index contributed by atoms with van der Waals surface area (Å²) in [5, 5.41) is 7.41. The maximum absolute atomic E-state index is 4.09. The number of aryl methyl sites for hydroxylation is 1. The van der Waals surface area contributed by atoms with Crippen molar-refractivity contribution in [1.29, 1.82) is 0 Å². The maximum atomic E-state index is 4.09. The van der Waals surface area contributed by atoms with Crippen LogP contribution in [0.15, 0.2) is 41.0 Å². The molecule has 2 aromatic rings. The number of hydrogen-bond donors (Lipinski definition) is 1. The first-order valence-corrected chi connectivity index (χ1v) is 5.51. The van der Waals surface area contributed by atoms with E-state index in [-0.39, 0.29) is 0 Å². The van der Waals surface area contributed by atoms with Gasteiger partial charge in [-0.15, -0.1) is 0 Å². The van der Waals surface area contributed by atoms with Gasteiger partial charge in [0.05, 0.1) is 6.20 Å². The number of benzene rings is 1. The van der Waals surface area contributed by atoms with Crippen LogP contribution in [0.25, 0.3) is 0 Å². The molecular weight excluding hydrogens is 254 g/mol. The van der Waals surface area contributed by atoms with E-state index in [9.17, 15) is 0 Å². The minimum Gasteiger partial charge on any atom is -0.366 e. The quantitative estimate of drug-likeness (QED) is 0.925. The van der Waals surface area contributed by atoms with Crippen molar-refractivity contribution in [2.75, 3.05) is 5.32 Å². The monoisotopic (exact) mass is 265 g/mol. The standard InChI is InChI=1S/C11H12BrN3/c1-15-11(5-6-14-15)13-8-9-3-2-4-10(12)7-9/h2-7,13H,8H2,1H3. The SMILES string of the molecule is Cn1nccc1NCc1cccc(Br)c1. The molecule has 0 amide bonds. The van der Waals surface area contributed by atoms with Gasteiger partial charge in [0, 0.05) is 24.1 Å². The predicted octanol–water partition coefficient (Wildman–Crippen LogP) is 2.79. The van der Waals surface area contributed by atoms with Crippen molar-refractivity contribution in [3.8, 4) is 0 Å². The molecule has 0 fully saturated rings. The molecule has 0 aliphatic carbocycles. The van der Waals surface area contributed by atoms with E-state index in [1.54, 1.807) is 6.20 Å². The Balaban J connectivity index is 2.02. The summed E-state index contributed by atoms with van der Waals surface area (Å²) in [5.74, 6) is 1.02. The predicted molar refractivity (Wildman–Crippen MR) is 64.7 cm³/mol. The lowest BCUT2D eigenvalue weighted by atomic mass is 10.2. The molecule has 4 heteroatoms. The molecule has 0 aliphatic heterocycles. The first-order valence-electron chi connectivity index (χ1n) is 4.72. The van der Waals surface area contributed by atoms with E-state index in [1.165, 1.54) is 5.56 Å². The van der Waals surface area contributed by atoms with Gasteiger partial charge < -0.3 is 5.32 Å². The van der Waals surface area contributed by atoms with E-state index in [1.807, 2.05) is 29.9 Å². The molecule has 78 valence electrons. The number of nitrogens with one attached hydrogen (secondary N) is 1. The zero-order chi connectivity index (χ0) is 10.7. The normalized spacial score (nSPS) is 10.3. The minimum atomic E-state index is 0.805. The molecule has 2 rings (SSSR count). The Bertz CT molecular complexity index is 451. The number of hydrogen-bond acceptors (Lipinski definition) is 2. The molecule has 0 saturated carbocycles. The summed E-state index contributed by atoms with van der Waals surface area (Å²) in [4.78, 5) is 0. The van der Waals surface area contributed by atoms with E-state index in [0.717, 1.165) is 16.8 Å². The highest BCUT2D eigenvalue weighted by Crippen LogP contribution is 2.13. The Morgan fingerprint density at radius 2 is 2.27 bits per heavy atom. The smallest absolute Gasteiger partial charge is 0.124 e. The van der Waals surface area contributed by atoms with E-state index < -0.39 is 0 Å². The van der Waals surface area contributed by atoms with E-state index in [0.29, 0.717) is 0 Å². The lowest BCUT2D eigenvalue weighted by Crippen LogP contribution is -2.04. The number of anilines is 1. The molecule has 0 saturated heterocycles. The molecule has 3 nitrogen and oxygen atoms in total. The zero-order valence-electron chi connectivity index (χ0n) is 8.44. The molecule has 0 spiro atoms. The van der Waals surface area contributed by atoms with Gasteiger partial charge in [0.15, 0.2) is 0 Å². The fourth-order valence-corrected chi connectivity index (χ4v) is 1.83. The Kier molecular flexibility index (Phi) is 3.06. The van der Waals surface area contributed by atoms with Crippen LogP contribution < -0.4 is 5.32 Å². The van der Waals surface area contributed by atoms with Gasteiger partial charge in [0.2, 0.25) is 0 Å². The van der Waals surface area contributed by atoms with E-state index in [4.69, 9.17) is 0 Å².